The minimum atomic E-state index is -0.199. The third-order valence-electron chi connectivity index (χ3n) is 3.71. The van der Waals surface area contributed by atoms with E-state index in [1.54, 1.807) is 0 Å². The summed E-state index contributed by atoms with van der Waals surface area (Å²) in [6, 6.07) is 22.6. The van der Waals surface area contributed by atoms with E-state index in [0.717, 1.165) is 26.1 Å². The Balaban J connectivity index is 1.87. The van der Waals surface area contributed by atoms with E-state index in [9.17, 15) is 4.79 Å². The van der Waals surface area contributed by atoms with E-state index < -0.39 is 0 Å². The Morgan fingerprint density at radius 1 is 0.958 bits per heavy atom. The highest BCUT2D eigenvalue weighted by molar-refractivity contribution is 5.77. The summed E-state index contributed by atoms with van der Waals surface area (Å²) in [7, 11) is 0. The number of nitrogens with zero attached hydrogens (tertiary/aromatic N) is 2. The lowest BCUT2D eigenvalue weighted by molar-refractivity contribution is -0.120. The maximum absolute atomic E-state index is 11.3. The summed E-state index contributed by atoms with van der Waals surface area (Å²) in [5.41, 5.74) is 2.56. The van der Waals surface area contributed by atoms with Crippen molar-refractivity contribution in [3.63, 3.8) is 0 Å². The quantitative estimate of drug-likeness (QED) is 0.722. The minimum Gasteiger partial charge on any atom is -0.355 e. The number of hydrogen-bond acceptors (Lipinski definition) is 3. The molecule has 124 valence electrons. The Kier molecular flexibility index (Phi) is 7.52. The van der Waals surface area contributed by atoms with Gasteiger partial charge in [0.2, 0.25) is 5.91 Å². The van der Waals surface area contributed by atoms with Crippen molar-refractivity contribution in [1.82, 2.24) is 10.2 Å². The van der Waals surface area contributed by atoms with E-state index in [2.05, 4.69) is 58.7 Å². The van der Waals surface area contributed by atoms with Crippen molar-refractivity contribution in [2.45, 2.75) is 25.9 Å². The molecule has 0 bridgehead atoms. The van der Waals surface area contributed by atoms with Gasteiger partial charge in [-0.1, -0.05) is 60.7 Å². The highest BCUT2D eigenvalue weighted by Gasteiger charge is 2.07. The van der Waals surface area contributed by atoms with Crippen LogP contribution in [0.5, 0.6) is 0 Å². The first-order chi connectivity index (χ1) is 11.8. The third kappa shape index (κ3) is 6.64. The van der Waals surface area contributed by atoms with Crippen LogP contribution in [0.3, 0.4) is 0 Å². The fourth-order valence-electron chi connectivity index (χ4n) is 2.56. The first kappa shape index (κ1) is 17.7. The highest BCUT2D eigenvalue weighted by Crippen LogP contribution is 2.10. The van der Waals surface area contributed by atoms with Gasteiger partial charge in [0, 0.05) is 26.2 Å². The SMILES string of the molecule is N#CCC(=O)NCCCN(Cc1ccccc1)Cc1ccccc1. The van der Waals surface area contributed by atoms with Crippen LogP contribution < -0.4 is 5.32 Å². The summed E-state index contributed by atoms with van der Waals surface area (Å²) < 4.78 is 0. The van der Waals surface area contributed by atoms with Crippen LogP contribution in [-0.4, -0.2) is 23.9 Å². The molecule has 0 aliphatic rings. The molecule has 0 aromatic heterocycles. The van der Waals surface area contributed by atoms with Crippen molar-refractivity contribution < 1.29 is 4.79 Å². The largest absolute Gasteiger partial charge is 0.355 e. The molecule has 24 heavy (non-hydrogen) atoms. The molecule has 4 nitrogen and oxygen atoms in total. The summed E-state index contributed by atoms with van der Waals surface area (Å²) in [5, 5.41) is 11.3. The first-order valence-electron chi connectivity index (χ1n) is 8.22. The van der Waals surface area contributed by atoms with E-state index in [1.165, 1.54) is 11.1 Å². The lowest BCUT2D eigenvalue weighted by Gasteiger charge is -2.22. The van der Waals surface area contributed by atoms with Crippen molar-refractivity contribution in [3.05, 3.63) is 71.8 Å². The summed E-state index contributed by atoms with van der Waals surface area (Å²) in [4.78, 5) is 13.7. The summed E-state index contributed by atoms with van der Waals surface area (Å²) >= 11 is 0. The number of nitriles is 1. The van der Waals surface area contributed by atoms with Gasteiger partial charge in [0.05, 0.1) is 6.07 Å². The monoisotopic (exact) mass is 321 g/mol. The van der Waals surface area contributed by atoms with Crippen LogP contribution >= 0.6 is 0 Å². The predicted molar refractivity (Wildman–Crippen MR) is 94.9 cm³/mol. The van der Waals surface area contributed by atoms with Gasteiger partial charge in [-0.25, -0.2) is 0 Å². The van der Waals surface area contributed by atoms with E-state index in [-0.39, 0.29) is 12.3 Å². The first-order valence-corrected chi connectivity index (χ1v) is 8.22. The van der Waals surface area contributed by atoms with Gasteiger partial charge in [0.1, 0.15) is 6.42 Å². The zero-order chi connectivity index (χ0) is 17.0. The van der Waals surface area contributed by atoms with Crippen LogP contribution in [0, 0.1) is 11.3 Å². The molecule has 0 saturated heterocycles. The Morgan fingerprint density at radius 2 is 1.50 bits per heavy atom. The summed E-state index contributed by atoms with van der Waals surface area (Å²) in [6.45, 7) is 3.24. The van der Waals surface area contributed by atoms with Crippen LogP contribution in [0.25, 0.3) is 0 Å². The zero-order valence-electron chi connectivity index (χ0n) is 13.8. The van der Waals surface area contributed by atoms with Crippen LogP contribution in [0.1, 0.15) is 24.0 Å². The average molecular weight is 321 g/mol. The van der Waals surface area contributed by atoms with E-state index in [1.807, 2.05) is 18.2 Å². The van der Waals surface area contributed by atoms with Crippen molar-refractivity contribution in [2.75, 3.05) is 13.1 Å². The molecule has 0 spiro atoms. The Bertz CT molecular complexity index is 608. The van der Waals surface area contributed by atoms with Crippen LogP contribution in [0.2, 0.25) is 0 Å². The van der Waals surface area contributed by atoms with Crippen molar-refractivity contribution in [3.8, 4) is 6.07 Å². The summed E-state index contributed by atoms with van der Waals surface area (Å²) in [6.07, 6.45) is 0.786. The van der Waals surface area contributed by atoms with Gasteiger partial charge in [0.15, 0.2) is 0 Å². The highest BCUT2D eigenvalue weighted by atomic mass is 16.1. The standard InChI is InChI=1S/C20H23N3O/c21-13-12-20(24)22-14-7-15-23(16-18-8-3-1-4-9-18)17-19-10-5-2-6-11-19/h1-6,8-11H,7,12,14-17H2,(H,22,24). The number of benzene rings is 2. The number of hydrogen-bond donors (Lipinski definition) is 1. The third-order valence-corrected chi connectivity index (χ3v) is 3.71. The molecule has 2 rings (SSSR count). The van der Waals surface area contributed by atoms with Crippen LogP contribution in [0.15, 0.2) is 60.7 Å². The van der Waals surface area contributed by atoms with Crippen LogP contribution in [-0.2, 0) is 17.9 Å². The van der Waals surface area contributed by atoms with Gasteiger partial charge in [0.25, 0.3) is 0 Å². The van der Waals surface area contributed by atoms with Gasteiger partial charge in [-0.3, -0.25) is 9.69 Å². The molecule has 0 aliphatic heterocycles. The lowest BCUT2D eigenvalue weighted by Crippen LogP contribution is -2.29. The second-order valence-corrected chi connectivity index (χ2v) is 5.72. The Labute approximate surface area is 143 Å². The van der Waals surface area contributed by atoms with Gasteiger partial charge >= 0.3 is 0 Å². The number of carbonyl (C=O) groups is 1. The molecule has 4 heteroatoms. The Hall–Kier alpha value is -2.64. The predicted octanol–water partition coefficient (Wildman–Crippen LogP) is 3.11. The number of nitrogens with one attached hydrogen (secondary N) is 1. The van der Waals surface area contributed by atoms with Crippen LogP contribution in [0.4, 0.5) is 0 Å². The second kappa shape index (κ2) is 10.2. The molecule has 2 aromatic rings. The number of amides is 1. The second-order valence-electron chi connectivity index (χ2n) is 5.72. The fourth-order valence-corrected chi connectivity index (χ4v) is 2.56. The molecule has 1 amide bonds. The molecule has 0 heterocycles. The normalized spacial score (nSPS) is 10.3. The average Bonchev–Trinajstić information content (AvgIpc) is 2.61. The number of carbonyl (C=O) groups excluding carboxylic acids is 1. The topological polar surface area (TPSA) is 56.1 Å². The Morgan fingerprint density at radius 3 is 2.00 bits per heavy atom. The maximum atomic E-state index is 11.3. The molecule has 1 N–H and O–H groups in total. The van der Waals surface area contributed by atoms with E-state index in [0.29, 0.717) is 6.54 Å². The van der Waals surface area contributed by atoms with E-state index >= 15 is 0 Å². The molecular formula is C20H23N3O. The molecule has 0 aliphatic carbocycles. The smallest absolute Gasteiger partial charge is 0.234 e. The molecule has 0 saturated carbocycles. The van der Waals surface area contributed by atoms with Gasteiger partial charge in [-0.15, -0.1) is 0 Å². The zero-order valence-corrected chi connectivity index (χ0v) is 13.8. The fraction of sp³-hybridized carbons (Fsp3) is 0.300. The molecule has 0 radical (unpaired) electrons. The van der Waals surface area contributed by atoms with Crippen molar-refractivity contribution >= 4 is 5.91 Å². The summed E-state index contributed by atoms with van der Waals surface area (Å²) in [5.74, 6) is -0.199. The minimum absolute atomic E-state index is 0.0717. The van der Waals surface area contributed by atoms with E-state index in [4.69, 9.17) is 5.26 Å². The van der Waals surface area contributed by atoms with Gasteiger partial charge < -0.3 is 5.32 Å². The maximum Gasteiger partial charge on any atom is 0.234 e. The van der Waals surface area contributed by atoms with Gasteiger partial charge in [-0.2, -0.15) is 5.26 Å². The number of rotatable bonds is 9. The molecule has 2 aromatic carbocycles. The lowest BCUT2D eigenvalue weighted by atomic mass is 10.1. The molecular weight excluding hydrogens is 298 g/mol. The van der Waals surface area contributed by atoms with Crippen molar-refractivity contribution in [1.29, 1.82) is 5.26 Å². The molecule has 0 unspecified atom stereocenters. The van der Waals surface area contributed by atoms with Crippen molar-refractivity contribution in [2.24, 2.45) is 0 Å². The van der Waals surface area contributed by atoms with Gasteiger partial charge in [-0.05, 0) is 17.5 Å². The molecule has 0 fully saturated rings. The molecule has 0 atom stereocenters.